The smallest absolute Gasteiger partial charge is 0.292 e. The standard InChI is InChI=1S/C41H50N14O5/c1-6-54-33(22-26(3)48-54)46-40(58)38-45-31-24-29(36(42)57)25-32(60-21-11-14-50-17-19-51(20-18-50)28(5)56)35(31)52(38)15-8-9-16-53-37-30(12-10-13-43-37)44-39(53)41(59)47-34-23-27(4)49-55(34)7-2/h8-10,12-13,22-25H,6-7,11,14-21H2,1-5H3,(H2,42,57)(H,46,58)(H,47,59)/b9-8+. The molecule has 1 aromatic carbocycles. The molecule has 1 fully saturated rings. The minimum absolute atomic E-state index is 0.0728. The van der Waals surface area contributed by atoms with E-state index in [1.807, 2.05) is 44.7 Å². The van der Waals surface area contributed by atoms with E-state index in [0.717, 1.165) is 31.0 Å². The molecule has 7 rings (SSSR count). The molecule has 1 aliphatic rings. The fourth-order valence-electron chi connectivity index (χ4n) is 7.37. The number of hydrogen-bond donors (Lipinski definition) is 3. The number of anilines is 2. The fraction of sp³-hybridized carbons (Fsp3) is 0.390. The van der Waals surface area contributed by atoms with Gasteiger partial charge in [-0.2, -0.15) is 10.2 Å². The average Bonchev–Trinajstić information content (AvgIpc) is 4.00. The van der Waals surface area contributed by atoms with Gasteiger partial charge in [0, 0.05) is 89.7 Å². The van der Waals surface area contributed by atoms with E-state index in [1.54, 1.807) is 68.0 Å². The molecular formula is C41H50N14O5. The van der Waals surface area contributed by atoms with Gasteiger partial charge in [0.2, 0.25) is 23.5 Å². The summed E-state index contributed by atoms with van der Waals surface area (Å²) in [7, 11) is 0. The number of amides is 4. The summed E-state index contributed by atoms with van der Waals surface area (Å²) < 4.78 is 13.2. The zero-order chi connectivity index (χ0) is 42.5. The minimum Gasteiger partial charge on any atom is -0.491 e. The monoisotopic (exact) mass is 818 g/mol. The number of hydrogen-bond acceptors (Lipinski definition) is 11. The summed E-state index contributed by atoms with van der Waals surface area (Å²) in [5, 5.41) is 14.8. The van der Waals surface area contributed by atoms with Gasteiger partial charge in [0.15, 0.2) is 5.65 Å². The lowest BCUT2D eigenvalue weighted by Crippen LogP contribution is -2.48. The molecular weight excluding hydrogens is 769 g/mol. The summed E-state index contributed by atoms with van der Waals surface area (Å²) in [4.78, 5) is 70.1. The molecule has 4 N–H and O–H groups in total. The van der Waals surface area contributed by atoms with Crippen LogP contribution in [0.4, 0.5) is 11.6 Å². The zero-order valence-electron chi connectivity index (χ0n) is 34.5. The number of nitrogens with one attached hydrogen (secondary N) is 2. The first-order valence-electron chi connectivity index (χ1n) is 20.1. The number of rotatable bonds is 16. The van der Waals surface area contributed by atoms with Crippen LogP contribution in [0.3, 0.4) is 0 Å². The molecule has 19 heteroatoms. The minimum atomic E-state index is -0.664. The summed E-state index contributed by atoms with van der Waals surface area (Å²) in [5.41, 5.74) is 9.41. The number of piperazine rings is 1. The lowest BCUT2D eigenvalue weighted by atomic mass is 10.1. The molecule has 19 nitrogen and oxygen atoms in total. The summed E-state index contributed by atoms with van der Waals surface area (Å²) in [6, 6.07) is 10.3. The maximum absolute atomic E-state index is 14.1. The SMILES string of the molecule is CCn1nc(C)cc1NC(=O)c1nc2cccnc2n1C/C=C/Cn1c(C(=O)Nc2cc(C)nn2CC)nc2cc(C(N)=O)cc(OCCCN3CCN(C(C)=O)CC3)c21. The molecule has 0 atom stereocenters. The van der Waals surface area contributed by atoms with E-state index in [4.69, 9.17) is 15.5 Å². The number of primary amides is 1. The molecule has 4 amide bonds. The number of pyridine rings is 1. The van der Waals surface area contributed by atoms with Crippen LogP contribution < -0.4 is 21.1 Å². The van der Waals surface area contributed by atoms with Crippen molar-refractivity contribution < 1.29 is 23.9 Å². The normalized spacial score (nSPS) is 13.4. The van der Waals surface area contributed by atoms with Crippen LogP contribution in [0.5, 0.6) is 5.75 Å². The first-order valence-corrected chi connectivity index (χ1v) is 20.1. The fourth-order valence-corrected chi connectivity index (χ4v) is 7.37. The van der Waals surface area contributed by atoms with Crippen LogP contribution in [0, 0.1) is 13.8 Å². The first-order chi connectivity index (χ1) is 28.9. The lowest BCUT2D eigenvalue weighted by Gasteiger charge is -2.34. The van der Waals surface area contributed by atoms with Gasteiger partial charge in [-0.1, -0.05) is 12.2 Å². The van der Waals surface area contributed by atoms with Crippen molar-refractivity contribution in [2.45, 2.75) is 67.2 Å². The third kappa shape index (κ3) is 8.90. The second kappa shape index (κ2) is 17.9. The first kappa shape index (κ1) is 41.3. The van der Waals surface area contributed by atoms with Crippen molar-refractivity contribution in [1.29, 1.82) is 0 Å². The number of fused-ring (bicyclic) bond motifs is 2. The van der Waals surface area contributed by atoms with Gasteiger partial charge in [-0.15, -0.1) is 0 Å². The van der Waals surface area contributed by atoms with Crippen LogP contribution in [0.2, 0.25) is 0 Å². The van der Waals surface area contributed by atoms with Crippen LogP contribution in [0.15, 0.2) is 54.7 Å². The van der Waals surface area contributed by atoms with Gasteiger partial charge >= 0.3 is 0 Å². The van der Waals surface area contributed by atoms with E-state index in [-0.39, 0.29) is 36.2 Å². The molecule has 5 aromatic heterocycles. The molecule has 6 heterocycles. The molecule has 1 aliphatic heterocycles. The Labute approximate surface area is 346 Å². The van der Waals surface area contributed by atoms with Crippen molar-refractivity contribution in [3.05, 3.63) is 83.3 Å². The number of nitrogens with zero attached hydrogens (tertiary/aromatic N) is 11. The van der Waals surface area contributed by atoms with E-state index in [0.29, 0.717) is 78.8 Å². The van der Waals surface area contributed by atoms with E-state index in [9.17, 15) is 19.2 Å². The zero-order valence-corrected chi connectivity index (χ0v) is 34.5. The number of benzene rings is 1. The molecule has 0 unspecified atom stereocenters. The summed E-state index contributed by atoms with van der Waals surface area (Å²) in [5.74, 6) is 0.166. The number of aromatic nitrogens is 9. The van der Waals surface area contributed by atoms with Crippen LogP contribution in [0.1, 0.15) is 70.2 Å². The Balaban J connectivity index is 1.18. The molecule has 0 saturated carbocycles. The molecule has 6 aromatic rings. The van der Waals surface area contributed by atoms with Gasteiger partial charge in [0.25, 0.3) is 11.8 Å². The van der Waals surface area contributed by atoms with E-state index >= 15 is 0 Å². The maximum atomic E-state index is 14.1. The molecule has 60 heavy (non-hydrogen) atoms. The predicted octanol–water partition coefficient (Wildman–Crippen LogP) is 3.62. The van der Waals surface area contributed by atoms with Gasteiger partial charge in [-0.05, 0) is 58.4 Å². The van der Waals surface area contributed by atoms with Gasteiger partial charge in [-0.25, -0.2) is 24.3 Å². The van der Waals surface area contributed by atoms with Crippen LogP contribution in [0.25, 0.3) is 22.2 Å². The number of carbonyl (C=O) groups is 4. The van der Waals surface area contributed by atoms with Crippen molar-refractivity contribution >= 4 is 57.5 Å². The van der Waals surface area contributed by atoms with Crippen molar-refractivity contribution in [1.82, 2.24) is 53.4 Å². The highest BCUT2D eigenvalue weighted by atomic mass is 16.5. The molecule has 0 spiro atoms. The second-order valence-corrected chi connectivity index (χ2v) is 14.5. The van der Waals surface area contributed by atoms with E-state index < -0.39 is 17.7 Å². The number of nitrogens with two attached hydrogens (primary N) is 1. The van der Waals surface area contributed by atoms with Crippen molar-refractivity contribution in [2.24, 2.45) is 5.73 Å². The number of aryl methyl sites for hydroxylation is 4. The highest BCUT2D eigenvalue weighted by Crippen LogP contribution is 2.30. The number of allylic oxidation sites excluding steroid dienone is 2. The quantitative estimate of drug-likeness (QED) is 0.0947. The topological polar surface area (TPSA) is 218 Å². The molecule has 0 aliphatic carbocycles. The Morgan fingerprint density at radius 1 is 0.817 bits per heavy atom. The maximum Gasteiger partial charge on any atom is 0.292 e. The highest BCUT2D eigenvalue weighted by Gasteiger charge is 2.25. The van der Waals surface area contributed by atoms with E-state index in [1.165, 1.54) is 0 Å². The lowest BCUT2D eigenvalue weighted by molar-refractivity contribution is -0.130. The van der Waals surface area contributed by atoms with Crippen molar-refractivity contribution in [3.8, 4) is 5.75 Å². The Morgan fingerprint density at radius 3 is 2.02 bits per heavy atom. The Kier molecular flexibility index (Phi) is 12.3. The highest BCUT2D eigenvalue weighted by molar-refractivity contribution is 6.05. The Bertz CT molecular complexity index is 2590. The van der Waals surface area contributed by atoms with E-state index in [2.05, 4.69) is 35.7 Å². The van der Waals surface area contributed by atoms with Crippen LogP contribution in [-0.4, -0.2) is 116 Å². The third-order valence-corrected chi connectivity index (χ3v) is 10.3. The molecule has 0 bridgehead atoms. The number of imidazole rings is 2. The molecule has 314 valence electrons. The van der Waals surface area contributed by atoms with Crippen molar-refractivity contribution in [2.75, 3.05) is 50.0 Å². The largest absolute Gasteiger partial charge is 0.491 e. The van der Waals surface area contributed by atoms with Gasteiger partial charge < -0.3 is 35.1 Å². The second-order valence-electron chi connectivity index (χ2n) is 14.5. The van der Waals surface area contributed by atoms with Gasteiger partial charge in [0.05, 0.1) is 23.5 Å². The summed E-state index contributed by atoms with van der Waals surface area (Å²) in [6.45, 7) is 14.6. The van der Waals surface area contributed by atoms with Gasteiger partial charge in [0.1, 0.15) is 28.4 Å². The Hall–Kier alpha value is -6.89. The van der Waals surface area contributed by atoms with Crippen LogP contribution in [-0.2, 0) is 31.0 Å². The third-order valence-electron chi connectivity index (χ3n) is 10.3. The van der Waals surface area contributed by atoms with Crippen LogP contribution >= 0.6 is 0 Å². The Morgan fingerprint density at radius 2 is 1.42 bits per heavy atom. The number of carbonyl (C=O) groups excluding carboxylic acids is 4. The molecule has 1 saturated heterocycles. The summed E-state index contributed by atoms with van der Waals surface area (Å²) in [6.07, 6.45) is 6.04. The summed E-state index contributed by atoms with van der Waals surface area (Å²) >= 11 is 0. The van der Waals surface area contributed by atoms with Gasteiger partial charge in [-0.3, -0.25) is 24.1 Å². The average molecular weight is 819 g/mol. The predicted molar refractivity (Wildman–Crippen MR) is 225 cm³/mol. The number of ether oxygens (including phenoxy) is 1. The van der Waals surface area contributed by atoms with Crippen molar-refractivity contribution in [3.63, 3.8) is 0 Å². The molecule has 0 radical (unpaired) electrons.